The monoisotopic (exact) mass is 231 g/mol. The van der Waals surface area contributed by atoms with E-state index in [-0.39, 0.29) is 0 Å². The van der Waals surface area contributed by atoms with Gasteiger partial charge in [-0.25, -0.2) is 4.99 Å². The Balaban J connectivity index is 2.03. The summed E-state index contributed by atoms with van der Waals surface area (Å²) in [5.41, 5.74) is 8.75. The SMILES string of the molecule is CC(C)NC(N)=NC1CCc2ccccc2C1. The first-order chi connectivity index (χ1) is 8.15. The Kier molecular flexibility index (Phi) is 3.67. The lowest BCUT2D eigenvalue weighted by Crippen LogP contribution is -2.38. The second-order valence-corrected chi connectivity index (χ2v) is 4.98. The predicted octanol–water partition coefficient (Wildman–Crippen LogP) is 1.86. The van der Waals surface area contributed by atoms with E-state index in [0.717, 1.165) is 19.3 Å². The summed E-state index contributed by atoms with van der Waals surface area (Å²) in [5.74, 6) is 0.574. The number of fused-ring (bicyclic) bond motifs is 1. The summed E-state index contributed by atoms with van der Waals surface area (Å²) in [7, 11) is 0. The first-order valence-electron chi connectivity index (χ1n) is 6.31. The quantitative estimate of drug-likeness (QED) is 0.603. The molecule has 1 unspecified atom stereocenters. The summed E-state index contributed by atoms with van der Waals surface area (Å²) >= 11 is 0. The molecule has 0 heterocycles. The molecule has 0 saturated carbocycles. The summed E-state index contributed by atoms with van der Waals surface area (Å²) < 4.78 is 0. The van der Waals surface area contributed by atoms with Gasteiger partial charge in [-0.2, -0.15) is 0 Å². The maximum absolute atomic E-state index is 5.86. The van der Waals surface area contributed by atoms with Gasteiger partial charge < -0.3 is 11.1 Å². The molecular weight excluding hydrogens is 210 g/mol. The van der Waals surface area contributed by atoms with E-state index in [2.05, 4.69) is 48.4 Å². The van der Waals surface area contributed by atoms with Crippen LogP contribution in [0, 0.1) is 0 Å². The molecule has 0 bridgehead atoms. The minimum atomic E-state index is 0.330. The van der Waals surface area contributed by atoms with Crippen molar-refractivity contribution in [1.29, 1.82) is 0 Å². The number of aliphatic imine (C=N–C) groups is 1. The van der Waals surface area contributed by atoms with Crippen molar-refractivity contribution in [2.24, 2.45) is 10.7 Å². The van der Waals surface area contributed by atoms with Crippen molar-refractivity contribution >= 4 is 5.96 Å². The van der Waals surface area contributed by atoms with Gasteiger partial charge in [-0.3, -0.25) is 0 Å². The third-order valence-electron chi connectivity index (χ3n) is 3.08. The molecule has 0 fully saturated rings. The molecule has 1 aromatic carbocycles. The lowest BCUT2D eigenvalue weighted by atomic mass is 9.89. The van der Waals surface area contributed by atoms with Crippen molar-refractivity contribution < 1.29 is 0 Å². The van der Waals surface area contributed by atoms with Crippen LogP contribution in [0.2, 0.25) is 0 Å². The number of hydrogen-bond donors (Lipinski definition) is 2. The van der Waals surface area contributed by atoms with Crippen molar-refractivity contribution in [3.63, 3.8) is 0 Å². The summed E-state index contributed by atoms with van der Waals surface area (Å²) in [5, 5.41) is 3.14. The van der Waals surface area contributed by atoms with Crippen LogP contribution in [0.5, 0.6) is 0 Å². The van der Waals surface area contributed by atoms with E-state index >= 15 is 0 Å². The van der Waals surface area contributed by atoms with E-state index in [0.29, 0.717) is 18.0 Å². The molecule has 0 aromatic heterocycles. The van der Waals surface area contributed by atoms with Gasteiger partial charge in [0.1, 0.15) is 0 Å². The Labute approximate surface area is 103 Å². The standard InChI is InChI=1S/C14H21N3/c1-10(2)16-14(15)17-13-8-7-11-5-3-4-6-12(11)9-13/h3-6,10,13H,7-9H2,1-2H3,(H3,15,16,17). The molecule has 0 radical (unpaired) electrons. The lowest BCUT2D eigenvalue weighted by molar-refractivity contribution is 0.572. The molecule has 1 atom stereocenters. The second-order valence-electron chi connectivity index (χ2n) is 4.98. The Bertz CT molecular complexity index is 410. The van der Waals surface area contributed by atoms with Crippen LogP contribution >= 0.6 is 0 Å². The largest absolute Gasteiger partial charge is 0.370 e. The van der Waals surface area contributed by atoms with Crippen LogP contribution in [0.25, 0.3) is 0 Å². The summed E-state index contributed by atoms with van der Waals surface area (Å²) in [6, 6.07) is 9.29. The highest BCUT2D eigenvalue weighted by atomic mass is 15.1. The van der Waals surface area contributed by atoms with Gasteiger partial charge in [0.2, 0.25) is 0 Å². The highest BCUT2D eigenvalue weighted by molar-refractivity contribution is 5.78. The normalized spacial score (nSPS) is 20.2. The van der Waals surface area contributed by atoms with Crippen molar-refractivity contribution in [3.8, 4) is 0 Å². The van der Waals surface area contributed by atoms with Crippen molar-refractivity contribution in [1.82, 2.24) is 5.32 Å². The molecule has 1 aliphatic carbocycles. The van der Waals surface area contributed by atoms with E-state index < -0.39 is 0 Å². The number of nitrogens with zero attached hydrogens (tertiary/aromatic N) is 1. The summed E-state index contributed by atoms with van der Waals surface area (Å²) in [6.45, 7) is 4.14. The summed E-state index contributed by atoms with van der Waals surface area (Å²) in [6.07, 6.45) is 3.22. The molecule has 1 aromatic rings. The van der Waals surface area contributed by atoms with Gasteiger partial charge in [-0.1, -0.05) is 24.3 Å². The Hall–Kier alpha value is -1.51. The Morgan fingerprint density at radius 2 is 2.06 bits per heavy atom. The lowest BCUT2D eigenvalue weighted by Gasteiger charge is -2.22. The van der Waals surface area contributed by atoms with Crippen LogP contribution in [-0.4, -0.2) is 18.0 Å². The van der Waals surface area contributed by atoms with Gasteiger partial charge in [-0.05, 0) is 44.2 Å². The van der Waals surface area contributed by atoms with Crippen molar-refractivity contribution in [2.45, 2.75) is 45.2 Å². The second kappa shape index (κ2) is 5.21. The zero-order valence-corrected chi connectivity index (χ0v) is 10.6. The third kappa shape index (κ3) is 3.22. The van der Waals surface area contributed by atoms with Gasteiger partial charge >= 0.3 is 0 Å². The number of aryl methyl sites for hydroxylation is 1. The van der Waals surface area contributed by atoms with E-state index in [1.807, 2.05) is 0 Å². The zero-order chi connectivity index (χ0) is 12.3. The molecule has 17 heavy (non-hydrogen) atoms. The first-order valence-corrected chi connectivity index (χ1v) is 6.31. The van der Waals surface area contributed by atoms with Crippen LogP contribution in [0.3, 0.4) is 0 Å². The topological polar surface area (TPSA) is 50.4 Å². The molecule has 1 aliphatic rings. The van der Waals surface area contributed by atoms with E-state index in [4.69, 9.17) is 5.73 Å². The highest BCUT2D eigenvalue weighted by Crippen LogP contribution is 2.22. The number of nitrogens with one attached hydrogen (secondary N) is 1. The number of hydrogen-bond acceptors (Lipinski definition) is 1. The zero-order valence-electron chi connectivity index (χ0n) is 10.6. The van der Waals surface area contributed by atoms with Gasteiger partial charge in [0.25, 0.3) is 0 Å². The maximum Gasteiger partial charge on any atom is 0.189 e. The fourth-order valence-corrected chi connectivity index (χ4v) is 2.32. The summed E-state index contributed by atoms with van der Waals surface area (Å²) in [4.78, 5) is 4.56. The molecule has 0 amide bonds. The molecular formula is C14H21N3. The van der Waals surface area contributed by atoms with Crippen LogP contribution in [-0.2, 0) is 12.8 Å². The van der Waals surface area contributed by atoms with E-state index in [1.165, 1.54) is 11.1 Å². The maximum atomic E-state index is 5.86. The molecule has 3 nitrogen and oxygen atoms in total. The van der Waals surface area contributed by atoms with Gasteiger partial charge in [0.05, 0.1) is 6.04 Å². The van der Waals surface area contributed by atoms with Gasteiger partial charge in [-0.15, -0.1) is 0 Å². The fourth-order valence-electron chi connectivity index (χ4n) is 2.32. The van der Waals surface area contributed by atoms with Crippen molar-refractivity contribution in [2.75, 3.05) is 0 Å². The van der Waals surface area contributed by atoms with Gasteiger partial charge in [0.15, 0.2) is 5.96 Å². The Morgan fingerprint density at radius 3 is 2.76 bits per heavy atom. The van der Waals surface area contributed by atoms with Crippen LogP contribution in [0.15, 0.2) is 29.3 Å². The molecule has 0 aliphatic heterocycles. The third-order valence-corrected chi connectivity index (χ3v) is 3.08. The molecule has 92 valence electrons. The van der Waals surface area contributed by atoms with Crippen LogP contribution in [0.1, 0.15) is 31.4 Å². The fraction of sp³-hybridized carbons (Fsp3) is 0.500. The number of benzene rings is 1. The Morgan fingerprint density at radius 1 is 1.35 bits per heavy atom. The smallest absolute Gasteiger partial charge is 0.189 e. The average molecular weight is 231 g/mol. The minimum absolute atomic E-state index is 0.330. The molecule has 0 spiro atoms. The van der Waals surface area contributed by atoms with E-state index in [9.17, 15) is 0 Å². The highest BCUT2D eigenvalue weighted by Gasteiger charge is 2.17. The molecule has 2 rings (SSSR count). The average Bonchev–Trinajstić information content (AvgIpc) is 2.27. The molecule has 3 N–H and O–H groups in total. The number of nitrogens with two attached hydrogens (primary N) is 1. The predicted molar refractivity (Wildman–Crippen MR) is 72.1 cm³/mol. The molecule has 0 saturated heterocycles. The number of guanidine groups is 1. The minimum Gasteiger partial charge on any atom is -0.370 e. The number of rotatable bonds is 2. The first kappa shape index (κ1) is 12.0. The van der Waals surface area contributed by atoms with E-state index in [1.54, 1.807) is 0 Å². The van der Waals surface area contributed by atoms with Crippen LogP contribution in [0.4, 0.5) is 0 Å². The molecule has 3 heteroatoms. The van der Waals surface area contributed by atoms with Crippen LogP contribution < -0.4 is 11.1 Å². The van der Waals surface area contributed by atoms with Crippen molar-refractivity contribution in [3.05, 3.63) is 35.4 Å². The van der Waals surface area contributed by atoms with Gasteiger partial charge in [0, 0.05) is 6.04 Å².